The van der Waals surface area contributed by atoms with Gasteiger partial charge in [0.25, 0.3) is 5.91 Å². The van der Waals surface area contributed by atoms with E-state index in [1.54, 1.807) is 0 Å². The van der Waals surface area contributed by atoms with Crippen LogP contribution in [0.4, 0.5) is 23.8 Å². The third-order valence-corrected chi connectivity index (χ3v) is 6.56. The van der Waals surface area contributed by atoms with E-state index in [-0.39, 0.29) is 54.5 Å². The molecule has 35 heavy (non-hydrogen) atoms. The van der Waals surface area contributed by atoms with Gasteiger partial charge in [-0.1, -0.05) is 43.7 Å². The molecule has 1 amide bonds. The number of nitrogens with one attached hydrogen (secondary N) is 2. The lowest BCUT2D eigenvalue weighted by molar-refractivity contribution is -0.133. The number of hydrogen-bond acceptors (Lipinski definition) is 5. The normalized spacial score (nSPS) is 21.7. The molecule has 1 aliphatic rings. The average molecular weight is 523 g/mol. The minimum Gasteiger partial charge on any atom is -0.378 e. The predicted octanol–water partition coefficient (Wildman–Crippen LogP) is 4.70. The first-order chi connectivity index (χ1) is 16.2. The molecule has 0 saturated carbocycles. The molecule has 2 aromatic carbocycles. The van der Waals surface area contributed by atoms with Gasteiger partial charge >= 0.3 is 10.2 Å². The number of halogens is 6. The highest BCUT2D eigenvalue weighted by atomic mass is 32.5. The van der Waals surface area contributed by atoms with Gasteiger partial charge in [-0.25, -0.2) is 4.39 Å². The second-order valence-corrected chi connectivity index (χ2v) is 10.4. The van der Waals surface area contributed by atoms with E-state index in [1.807, 2.05) is 6.07 Å². The van der Waals surface area contributed by atoms with E-state index in [0.29, 0.717) is 6.54 Å². The largest absolute Gasteiger partial charge is 0.378 e. The van der Waals surface area contributed by atoms with Gasteiger partial charge in [-0.3, -0.25) is 4.79 Å². The number of hydrogen-bond donors (Lipinski definition) is 2. The van der Waals surface area contributed by atoms with Crippen molar-refractivity contribution in [3.05, 3.63) is 53.8 Å². The summed E-state index contributed by atoms with van der Waals surface area (Å²) in [7, 11) is -8.29. The van der Waals surface area contributed by atoms with Gasteiger partial charge in [0.05, 0.1) is 18.8 Å². The number of carbonyl (C=O) groups is 1. The van der Waals surface area contributed by atoms with Crippen LogP contribution in [0.25, 0.3) is 11.1 Å². The number of rotatable bonds is 7. The molecule has 2 N–H and O–H groups in total. The van der Waals surface area contributed by atoms with Crippen molar-refractivity contribution >= 4 is 16.1 Å². The number of amides is 1. The van der Waals surface area contributed by atoms with Crippen molar-refractivity contribution < 1.29 is 38.1 Å². The molecule has 1 heterocycles. The predicted molar refractivity (Wildman–Crippen MR) is 118 cm³/mol. The molecule has 0 spiro atoms. The molecule has 0 aromatic heterocycles. The Morgan fingerprint density at radius 2 is 1.83 bits per heavy atom. The number of nitrogens with zero attached hydrogens (tertiary/aromatic N) is 1. The summed E-state index contributed by atoms with van der Waals surface area (Å²) in [6.07, 6.45) is -1.28. The maximum absolute atomic E-state index is 14.7. The Hall–Kier alpha value is -2.79. The van der Waals surface area contributed by atoms with Crippen molar-refractivity contribution in [1.29, 1.82) is 5.26 Å². The number of nitriles is 1. The molecule has 192 valence electrons. The zero-order valence-corrected chi connectivity index (χ0v) is 19.3. The third-order valence-electron chi connectivity index (χ3n) is 5.39. The lowest BCUT2D eigenvalue weighted by Crippen LogP contribution is -2.46. The first kappa shape index (κ1) is 26.8. The maximum atomic E-state index is 14.7. The summed E-state index contributed by atoms with van der Waals surface area (Å²) in [5.41, 5.74) is 0.324. The lowest BCUT2D eigenvalue weighted by atomic mass is 10.00. The standard InChI is InChI=1S/C22H23F6N3O3S/c1-33-18-11-30-12-21(34-13-18)22(32)31-17(10-29)8-16-3-2-15(9-20(16)23)14-4-6-19(7-5-14)35(24,25,26,27)28/h2-7,9,17-18,21,30H,8,11-13H2,1H3,(H,31,32). The Kier molecular flexibility index (Phi) is 7.16. The maximum Gasteiger partial charge on any atom is 0.310 e. The summed E-state index contributed by atoms with van der Waals surface area (Å²) < 4.78 is 89.8. The highest BCUT2D eigenvalue weighted by molar-refractivity contribution is 8.45. The van der Waals surface area contributed by atoms with Gasteiger partial charge in [-0.15, -0.1) is 0 Å². The smallest absolute Gasteiger partial charge is 0.310 e. The Balaban J connectivity index is 1.68. The summed E-state index contributed by atoms with van der Waals surface area (Å²) >= 11 is 0. The van der Waals surface area contributed by atoms with Gasteiger partial charge in [0, 0.05) is 26.6 Å². The van der Waals surface area contributed by atoms with Crippen molar-refractivity contribution in [3.63, 3.8) is 0 Å². The van der Waals surface area contributed by atoms with Gasteiger partial charge in [0.1, 0.15) is 22.9 Å². The summed E-state index contributed by atoms with van der Waals surface area (Å²) in [6, 6.07) is 6.68. The van der Waals surface area contributed by atoms with Crippen molar-refractivity contribution in [2.75, 3.05) is 26.8 Å². The minimum absolute atomic E-state index is 0.0728. The van der Waals surface area contributed by atoms with E-state index in [0.717, 1.165) is 18.2 Å². The molecule has 0 aliphatic carbocycles. The summed E-state index contributed by atoms with van der Waals surface area (Å²) in [6.45, 7) is 0.869. The van der Waals surface area contributed by atoms with E-state index in [9.17, 15) is 33.9 Å². The van der Waals surface area contributed by atoms with Gasteiger partial charge in [-0.2, -0.15) is 5.26 Å². The van der Waals surface area contributed by atoms with Gasteiger partial charge in [0.2, 0.25) is 0 Å². The monoisotopic (exact) mass is 523 g/mol. The fraction of sp³-hybridized carbons (Fsp3) is 0.364. The first-order valence-corrected chi connectivity index (χ1v) is 12.3. The molecule has 6 nitrogen and oxygen atoms in total. The average Bonchev–Trinajstić information content (AvgIpc) is 3.04. The van der Waals surface area contributed by atoms with Crippen LogP contribution < -0.4 is 10.6 Å². The number of ether oxygens (including phenoxy) is 2. The molecular formula is C22H23F6N3O3S. The molecule has 0 bridgehead atoms. The molecule has 3 atom stereocenters. The van der Waals surface area contributed by atoms with Crippen LogP contribution in [-0.4, -0.2) is 51.0 Å². The molecule has 0 radical (unpaired) electrons. The summed E-state index contributed by atoms with van der Waals surface area (Å²) in [5, 5.41) is 14.9. The van der Waals surface area contributed by atoms with Crippen LogP contribution in [0.1, 0.15) is 5.56 Å². The van der Waals surface area contributed by atoms with Crippen molar-refractivity contribution in [2.45, 2.75) is 29.6 Å². The second-order valence-electron chi connectivity index (χ2n) is 8.03. The highest BCUT2D eigenvalue weighted by Gasteiger charge is 2.65. The number of benzene rings is 2. The van der Waals surface area contributed by atoms with E-state index < -0.39 is 39.0 Å². The van der Waals surface area contributed by atoms with Crippen LogP contribution in [-0.2, 0) is 20.7 Å². The SMILES string of the molecule is COC1CNCC(C(=O)NC(C#N)Cc2ccc(-c3ccc(S(F)(F)(F)(F)F)cc3)cc2F)OC1. The Bertz CT molecular complexity index is 1120. The van der Waals surface area contributed by atoms with Crippen LogP contribution in [0.3, 0.4) is 0 Å². The van der Waals surface area contributed by atoms with Crippen molar-refractivity contribution in [2.24, 2.45) is 0 Å². The molecule has 3 rings (SSSR count). The molecule has 1 saturated heterocycles. The number of methoxy groups -OCH3 is 1. The van der Waals surface area contributed by atoms with Crippen molar-refractivity contribution in [3.8, 4) is 17.2 Å². The van der Waals surface area contributed by atoms with Crippen LogP contribution in [0.15, 0.2) is 47.4 Å². The Labute approximate surface area is 197 Å². The second kappa shape index (κ2) is 9.34. The van der Waals surface area contributed by atoms with Gasteiger partial charge < -0.3 is 20.1 Å². The fourth-order valence-corrected chi connectivity index (χ4v) is 4.10. The highest BCUT2D eigenvalue weighted by Crippen LogP contribution is 3.02. The summed E-state index contributed by atoms with van der Waals surface area (Å²) in [5.74, 6) is -1.33. The van der Waals surface area contributed by atoms with E-state index in [1.165, 1.54) is 19.2 Å². The van der Waals surface area contributed by atoms with E-state index in [2.05, 4.69) is 10.6 Å². The zero-order chi connectivity index (χ0) is 25.9. The van der Waals surface area contributed by atoms with Crippen LogP contribution in [0.2, 0.25) is 0 Å². The molecular weight excluding hydrogens is 500 g/mol. The molecule has 13 heteroatoms. The van der Waals surface area contributed by atoms with E-state index in [4.69, 9.17) is 9.47 Å². The van der Waals surface area contributed by atoms with Crippen molar-refractivity contribution in [1.82, 2.24) is 10.6 Å². The van der Waals surface area contributed by atoms with Crippen LogP contribution >= 0.6 is 10.2 Å². The third kappa shape index (κ3) is 7.11. The molecule has 3 unspecified atom stereocenters. The van der Waals surface area contributed by atoms with Gasteiger partial charge in [0.15, 0.2) is 0 Å². The van der Waals surface area contributed by atoms with E-state index >= 15 is 0 Å². The topological polar surface area (TPSA) is 83.4 Å². The van der Waals surface area contributed by atoms with Gasteiger partial charge in [-0.05, 0) is 34.9 Å². The first-order valence-electron chi connectivity index (χ1n) is 10.4. The molecule has 2 aromatic rings. The molecule has 1 fully saturated rings. The fourth-order valence-electron chi connectivity index (χ4n) is 3.45. The minimum atomic E-state index is -9.80. The Morgan fingerprint density at radius 1 is 1.17 bits per heavy atom. The summed E-state index contributed by atoms with van der Waals surface area (Å²) in [4.78, 5) is 10.4. The van der Waals surface area contributed by atoms with Crippen LogP contribution in [0, 0.1) is 17.1 Å². The Morgan fingerprint density at radius 3 is 2.40 bits per heavy atom. The number of carbonyl (C=O) groups excluding carboxylic acids is 1. The van der Waals surface area contributed by atoms with Crippen LogP contribution in [0.5, 0.6) is 0 Å². The zero-order valence-electron chi connectivity index (χ0n) is 18.4. The quantitative estimate of drug-likeness (QED) is 0.514. The molecule has 1 aliphatic heterocycles. The lowest BCUT2D eigenvalue weighted by Gasteiger charge is -2.40.